The first kappa shape index (κ1) is 22.8. The van der Waals surface area contributed by atoms with Crippen LogP contribution in [0.4, 0.5) is 0 Å². The van der Waals surface area contributed by atoms with E-state index in [0.29, 0.717) is 38.2 Å². The summed E-state index contributed by atoms with van der Waals surface area (Å²) in [5.74, 6) is -0.0980. The average Bonchev–Trinajstić information content (AvgIpc) is 2.67. The number of pyridine rings is 1. The predicted molar refractivity (Wildman–Crippen MR) is 111 cm³/mol. The van der Waals surface area contributed by atoms with E-state index in [4.69, 9.17) is 14.5 Å². The van der Waals surface area contributed by atoms with Gasteiger partial charge in [-0.25, -0.2) is 4.79 Å². The van der Waals surface area contributed by atoms with Gasteiger partial charge < -0.3 is 14.6 Å². The number of rotatable bonds is 4. The molecule has 1 aliphatic heterocycles. The second kappa shape index (κ2) is 9.84. The van der Waals surface area contributed by atoms with Gasteiger partial charge in [0.1, 0.15) is 0 Å². The molecule has 0 spiro atoms. The van der Waals surface area contributed by atoms with E-state index in [9.17, 15) is 9.90 Å². The Hall–Kier alpha value is -1.46. The van der Waals surface area contributed by atoms with Gasteiger partial charge in [0.15, 0.2) is 0 Å². The zero-order valence-corrected chi connectivity index (χ0v) is 18.4. The van der Waals surface area contributed by atoms with Crippen molar-refractivity contribution in [2.24, 2.45) is 5.41 Å². The Balaban J connectivity index is 0.00000136. The maximum absolute atomic E-state index is 12.8. The predicted octanol–water partition coefficient (Wildman–Crippen LogP) is 4.75. The van der Waals surface area contributed by atoms with Crippen LogP contribution in [0.25, 0.3) is 0 Å². The Morgan fingerprint density at radius 2 is 1.89 bits per heavy atom. The van der Waals surface area contributed by atoms with Crippen molar-refractivity contribution in [1.82, 2.24) is 4.98 Å². The van der Waals surface area contributed by atoms with E-state index in [-0.39, 0.29) is 17.3 Å². The lowest BCUT2D eigenvalue weighted by atomic mass is 9.72. The molecule has 0 saturated carbocycles. The number of carbonyl (C=O) groups excluding carboxylic acids is 1. The highest BCUT2D eigenvalue weighted by Crippen LogP contribution is 2.44. The molecule has 28 heavy (non-hydrogen) atoms. The topological polar surface area (TPSA) is 68.7 Å². The van der Waals surface area contributed by atoms with Gasteiger partial charge in [0.25, 0.3) is 0 Å². The van der Waals surface area contributed by atoms with Gasteiger partial charge in [0, 0.05) is 30.4 Å². The van der Waals surface area contributed by atoms with Gasteiger partial charge in [0.2, 0.25) is 0 Å². The molecule has 0 radical (unpaired) electrons. The number of fused-ring (bicyclic) bond motifs is 1. The lowest BCUT2D eigenvalue weighted by molar-refractivity contribution is 0.0514. The first-order valence-electron chi connectivity index (χ1n) is 10.9. The Morgan fingerprint density at radius 1 is 1.25 bits per heavy atom. The smallest absolute Gasteiger partial charge is 0.340 e. The highest BCUT2D eigenvalue weighted by Gasteiger charge is 2.37. The van der Waals surface area contributed by atoms with Crippen LogP contribution < -0.4 is 0 Å². The molecule has 0 amide bonds. The van der Waals surface area contributed by atoms with Crippen molar-refractivity contribution in [3.8, 4) is 0 Å². The summed E-state index contributed by atoms with van der Waals surface area (Å²) in [5, 5.41) is 10.8. The largest absolute Gasteiger partial charge is 0.462 e. The van der Waals surface area contributed by atoms with Gasteiger partial charge in [-0.05, 0) is 50.0 Å². The Labute approximate surface area is 169 Å². The van der Waals surface area contributed by atoms with Crippen molar-refractivity contribution in [3.05, 3.63) is 28.1 Å². The summed E-state index contributed by atoms with van der Waals surface area (Å²) < 4.78 is 10.9. The summed E-state index contributed by atoms with van der Waals surface area (Å²) in [6, 6.07) is 0. The minimum absolute atomic E-state index is 0.00280. The van der Waals surface area contributed by atoms with E-state index in [1.807, 2.05) is 27.7 Å². The van der Waals surface area contributed by atoms with Gasteiger partial charge in [-0.1, -0.05) is 34.6 Å². The monoisotopic (exact) mass is 391 g/mol. The van der Waals surface area contributed by atoms with Crippen LogP contribution in [0.5, 0.6) is 0 Å². The van der Waals surface area contributed by atoms with Crippen LogP contribution in [-0.4, -0.2) is 35.9 Å². The quantitative estimate of drug-likeness (QED) is 0.750. The summed E-state index contributed by atoms with van der Waals surface area (Å²) >= 11 is 0. The number of carbonyl (C=O) groups is 1. The molecule has 1 aliphatic carbocycles. The minimum atomic E-state index is -0.576. The van der Waals surface area contributed by atoms with E-state index < -0.39 is 6.10 Å². The van der Waals surface area contributed by atoms with Crippen LogP contribution in [0.1, 0.15) is 106 Å². The van der Waals surface area contributed by atoms with Crippen LogP contribution in [0, 0.1) is 5.41 Å². The van der Waals surface area contributed by atoms with Gasteiger partial charge in [-0.15, -0.1) is 0 Å². The zero-order valence-electron chi connectivity index (χ0n) is 18.4. The molecule has 0 aromatic carbocycles. The van der Waals surface area contributed by atoms with Crippen LogP contribution in [-0.2, 0) is 22.3 Å². The van der Waals surface area contributed by atoms with Crippen molar-refractivity contribution in [2.75, 3.05) is 19.8 Å². The van der Waals surface area contributed by atoms with E-state index in [1.54, 1.807) is 0 Å². The molecule has 5 heteroatoms. The van der Waals surface area contributed by atoms with Gasteiger partial charge in [-0.3, -0.25) is 4.98 Å². The van der Waals surface area contributed by atoms with Crippen molar-refractivity contribution >= 4 is 5.97 Å². The number of hydrogen-bond acceptors (Lipinski definition) is 5. The molecule has 1 aromatic heterocycles. The number of aliphatic hydroxyl groups excluding tert-OH is 1. The Bertz CT molecular complexity index is 678. The lowest BCUT2D eigenvalue weighted by Crippen LogP contribution is -2.31. The van der Waals surface area contributed by atoms with Crippen molar-refractivity contribution in [2.45, 2.75) is 85.7 Å². The van der Waals surface area contributed by atoms with Crippen LogP contribution in [0.15, 0.2) is 0 Å². The van der Waals surface area contributed by atoms with E-state index in [0.717, 1.165) is 41.8 Å². The molecule has 1 atom stereocenters. The normalized spacial score (nSPS) is 21.3. The standard InChI is InChI=1S/C21H31NO4.C2H6/c1-5-14-17-15(11-21(3,4)12-16(17)23)22-19(13-7-9-25-10-8-13)18(14)20(24)26-6-2;1-2/h13,16,23H,5-12H2,1-4H3;1-2H3. The average molecular weight is 392 g/mol. The molecule has 158 valence electrons. The first-order valence-corrected chi connectivity index (χ1v) is 10.9. The third kappa shape index (κ3) is 4.74. The maximum atomic E-state index is 12.8. The van der Waals surface area contributed by atoms with Crippen molar-refractivity contribution < 1.29 is 19.4 Å². The van der Waals surface area contributed by atoms with Crippen molar-refractivity contribution in [3.63, 3.8) is 0 Å². The lowest BCUT2D eigenvalue weighted by Gasteiger charge is -2.37. The summed E-state index contributed by atoms with van der Waals surface area (Å²) in [7, 11) is 0. The molecule has 0 bridgehead atoms. The minimum Gasteiger partial charge on any atom is -0.462 e. The summed E-state index contributed by atoms with van der Waals surface area (Å²) in [6.07, 6.45) is 3.36. The third-order valence-electron chi connectivity index (χ3n) is 5.62. The highest BCUT2D eigenvalue weighted by atomic mass is 16.5. The molecule has 1 N–H and O–H groups in total. The molecule has 2 heterocycles. The molecule has 1 fully saturated rings. The second-order valence-electron chi connectivity index (χ2n) is 8.23. The molecular formula is C23H37NO4. The highest BCUT2D eigenvalue weighted by molar-refractivity contribution is 5.93. The van der Waals surface area contributed by atoms with Gasteiger partial charge in [0.05, 0.1) is 24.0 Å². The molecule has 5 nitrogen and oxygen atoms in total. The fourth-order valence-electron chi connectivity index (χ4n) is 4.47. The number of esters is 1. The zero-order chi connectivity index (χ0) is 20.9. The van der Waals surface area contributed by atoms with Crippen LogP contribution in [0.3, 0.4) is 0 Å². The summed E-state index contributed by atoms with van der Waals surface area (Å²) in [6.45, 7) is 13.9. The second-order valence-corrected chi connectivity index (χ2v) is 8.23. The summed E-state index contributed by atoms with van der Waals surface area (Å²) in [5.41, 5.74) is 4.21. The molecule has 1 saturated heterocycles. The first-order chi connectivity index (χ1) is 13.4. The molecule has 1 aromatic rings. The Kier molecular flexibility index (Phi) is 8.02. The summed E-state index contributed by atoms with van der Waals surface area (Å²) in [4.78, 5) is 17.8. The van der Waals surface area contributed by atoms with Crippen LogP contribution in [0.2, 0.25) is 0 Å². The molecule has 3 rings (SSSR count). The van der Waals surface area contributed by atoms with E-state index in [1.165, 1.54) is 0 Å². The number of ether oxygens (including phenoxy) is 2. The number of aromatic nitrogens is 1. The molecule has 1 unspecified atom stereocenters. The van der Waals surface area contributed by atoms with Crippen LogP contribution >= 0.6 is 0 Å². The van der Waals surface area contributed by atoms with Crippen molar-refractivity contribution in [1.29, 1.82) is 0 Å². The fourth-order valence-corrected chi connectivity index (χ4v) is 4.47. The maximum Gasteiger partial charge on any atom is 0.340 e. The molecular weight excluding hydrogens is 354 g/mol. The van der Waals surface area contributed by atoms with Gasteiger partial charge >= 0.3 is 5.97 Å². The SMILES string of the molecule is CC.CCOC(=O)c1c(C2CCOCC2)nc2c(c1CC)C(O)CC(C)(C)C2. The third-order valence-corrected chi connectivity index (χ3v) is 5.62. The number of nitrogens with zero attached hydrogens (tertiary/aromatic N) is 1. The fraction of sp³-hybridized carbons (Fsp3) is 0.739. The Morgan fingerprint density at radius 3 is 2.46 bits per heavy atom. The number of aliphatic hydroxyl groups is 1. The molecule has 2 aliphatic rings. The van der Waals surface area contributed by atoms with E-state index >= 15 is 0 Å². The van der Waals surface area contributed by atoms with Gasteiger partial charge in [-0.2, -0.15) is 0 Å². The van der Waals surface area contributed by atoms with E-state index in [2.05, 4.69) is 13.8 Å². The number of hydrogen-bond donors (Lipinski definition) is 1.